The van der Waals surface area contributed by atoms with Crippen LogP contribution in [0.1, 0.15) is 12.5 Å². The van der Waals surface area contributed by atoms with E-state index in [1.807, 2.05) is 6.07 Å². The third kappa shape index (κ3) is 1.67. The van der Waals surface area contributed by atoms with Crippen molar-refractivity contribution in [2.24, 2.45) is 5.41 Å². The second kappa shape index (κ2) is 3.42. The minimum atomic E-state index is -0.877. The number of hydrogen-bond acceptors (Lipinski definition) is 2. The van der Waals surface area contributed by atoms with Gasteiger partial charge >= 0.3 is 5.97 Å². The molecule has 0 aliphatic carbocycles. The zero-order valence-corrected chi connectivity index (χ0v) is 9.04. The summed E-state index contributed by atoms with van der Waals surface area (Å²) in [5.41, 5.74) is -0.0897. The Labute approximate surface area is 92.6 Å². The summed E-state index contributed by atoms with van der Waals surface area (Å²) in [4.78, 5) is 11.1. The minimum Gasteiger partial charge on any atom is -0.492 e. The summed E-state index contributed by atoms with van der Waals surface area (Å²) in [6, 6.07) is 5.35. The van der Waals surface area contributed by atoms with Gasteiger partial charge in [0.15, 0.2) is 0 Å². The highest BCUT2D eigenvalue weighted by molar-refractivity contribution is 6.31. The molecule has 0 amide bonds. The van der Waals surface area contributed by atoms with Crippen LogP contribution < -0.4 is 4.74 Å². The van der Waals surface area contributed by atoms with Crippen molar-refractivity contribution in [2.75, 3.05) is 6.61 Å². The average molecular weight is 227 g/mol. The molecular weight excluding hydrogens is 216 g/mol. The molecule has 1 aromatic rings. The van der Waals surface area contributed by atoms with E-state index in [1.165, 1.54) is 0 Å². The third-order valence-corrected chi connectivity index (χ3v) is 3.06. The van der Waals surface area contributed by atoms with Crippen LogP contribution in [0.4, 0.5) is 0 Å². The number of ether oxygens (including phenoxy) is 1. The first-order valence-electron chi connectivity index (χ1n) is 4.66. The van der Waals surface area contributed by atoms with Gasteiger partial charge in [-0.05, 0) is 25.5 Å². The van der Waals surface area contributed by atoms with Gasteiger partial charge in [-0.3, -0.25) is 4.79 Å². The Morgan fingerprint density at radius 2 is 2.33 bits per heavy atom. The molecule has 80 valence electrons. The van der Waals surface area contributed by atoms with Crippen molar-refractivity contribution in [3.63, 3.8) is 0 Å². The Bertz CT molecular complexity index is 416. The highest BCUT2D eigenvalue weighted by Crippen LogP contribution is 2.38. The van der Waals surface area contributed by atoms with Crippen molar-refractivity contribution >= 4 is 17.6 Å². The summed E-state index contributed by atoms with van der Waals surface area (Å²) in [5.74, 6) is -0.158. The lowest BCUT2D eigenvalue weighted by atomic mass is 9.82. The number of carboxylic acid groups (broad SMARTS) is 1. The normalized spacial score (nSPS) is 24.1. The van der Waals surface area contributed by atoms with Gasteiger partial charge < -0.3 is 9.84 Å². The van der Waals surface area contributed by atoms with Crippen molar-refractivity contribution in [1.29, 1.82) is 0 Å². The quantitative estimate of drug-likeness (QED) is 0.800. The zero-order valence-electron chi connectivity index (χ0n) is 8.29. The maximum absolute atomic E-state index is 11.1. The first-order chi connectivity index (χ1) is 7.03. The topological polar surface area (TPSA) is 46.5 Å². The third-order valence-electron chi connectivity index (χ3n) is 2.71. The van der Waals surface area contributed by atoms with Crippen LogP contribution in [0.3, 0.4) is 0 Å². The molecule has 2 rings (SSSR count). The predicted octanol–water partition coefficient (Wildman–Crippen LogP) is 2.37. The molecule has 0 saturated carbocycles. The highest BCUT2D eigenvalue weighted by Gasteiger charge is 2.39. The molecular formula is C11H11ClO3. The molecule has 15 heavy (non-hydrogen) atoms. The Balaban J connectivity index is 2.42. The Morgan fingerprint density at radius 1 is 1.60 bits per heavy atom. The molecule has 1 aromatic carbocycles. The Hall–Kier alpha value is -1.22. The van der Waals surface area contributed by atoms with Crippen LogP contribution in [-0.4, -0.2) is 17.7 Å². The molecule has 4 heteroatoms. The molecule has 1 aliphatic rings. The number of benzene rings is 1. The monoisotopic (exact) mass is 226 g/mol. The van der Waals surface area contributed by atoms with Crippen LogP contribution in [0.25, 0.3) is 0 Å². The molecule has 1 unspecified atom stereocenters. The van der Waals surface area contributed by atoms with Crippen molar-refractivity contribution in [2.45, 2.75) is 13.3 Å². The van der Waals surface area contributed by atoms with Gasteiger partial charge in [0, 0.05) is 10.6 Å². The molecule has 1 atom stereocenters. The van der Waals surface area contributed by atoms with E-state index in [0.29, 0.717) is 17.2 Å². The summed E-state index contributed by atoms with van der Waals surface area (Å²) in [7, 11) is 0. The fraction of sp³-hybridized carbons (Fsp3) is 0.364. The molecule has 0 bridgehead atoms. The van der Waals surface area contributed by atoms with Crippen LogP contribution in [0.5, 0.6) is 5.75 Å². The lowest BCUT2D eigenvalue weighted by Gasteiger charge is -2.31. The zero-order chi connectivity index (χ0) is 11.1. The van der Waals surface area contributed by atoms with Crippen LogP contribution in [0.2, 0.25) is 5.02 Å². The summed E-state index contributed by atoms with van der Waals surface area (Å²) in [6.45, 7) is 1.86. The van der Waals surface area contributed by atoms with Crippen molar-refractivity contribution in [3.05, 3.63) is 28.8 Å². The molecule has 0 radical (unpaired) electrons. The maximum atomic E-state index is 11.1. The summed E-state index contributed by atoms with van der Waals surface area (Å²) in [5, 5.41) is 9.66. The van der Waals surface area contributed by atoms with Gasteiger partial charge in [0.05, 0.1) is 0 Å². The fourth-order valence-electron chi connectivity index (χ4n) is 1.66. The molecule has 0 aromatic heterocycles. The maximum Gasteiger partial charge on any atom is 0.313 e. The smallest absolute Gasteiger partial charge is 0.313 e. The van der Waals surface area contributed by atoms with Crippen LogP contribution in [0.15, 0.2) is 18.2 Å². The molecule has 0 saturated heterocycles. The second-order valence-electron chi connectivity index (χ2n) is 4.05. The SMILES string of the molecule is CC1(C(=O)O)COc2cccc(Cl)c2C1. The second-order valence-corrected chi connectivity index (χ2v) is 4.45. The van der Waals surface area contributed by atoms with E-state index >= 15 is 0 Å². The Kier molecular flexibility index (Phi) is 2.35. The first kappa shape index (κ1) is 10.3. The van der Waals surface area contributed by atoms with Crippen molar-refractivity contribution in [3.8, 4) is 5.75 Å². The number of rotatable bonds is 1. The largest absolute Gasteiger partial charge is 0.492 e. The first-order valence-corrected chi connectivity index (χ1v) is 5.04. The van der Waals surface area contributed by atoms with Crippen LogP contribution >= 0.6 is 11.6 Å². The van der Waals surface area contributed by atoms with Gasteiger partial charge in [0.1, 0.15) is 17.8 Å². The number of aliphatic carboxylic acids is 1. The van der Waals surface area contributed by atoms with Crippen molar-refractivity contribution in [1.82, 2.24) is 0 Å². The van der Waals surface area contributed by atoms with Gasteiger partial charge in [-0.2, -0.15) is 0 Å². The number of fused-ring (bicyclic) bond motifs is 1. The van der Waals surface area contributed by atoms with E-state index < -0.39 is 11.4 Å². The van der Waals surface area contributed by atoms with Gasteiger partial charge in [0.25, 0.3) is 0 Å². The van der Waals surface area contributed by atoms with E-state index in [4.69, 9.17) is 21.4 Å². The molecule has 1 N–H and O–H groups in total. The van der Waals surface area contributed by atoms with E-state index in [-0.39, 0.29) is 6.61 Å². The van der Waals surface area contributed by atoms with Gasteiger partial charge in [-0.1, -0.05) is 17.7 Å². The molecule has 3 nitrogen and oxygen atoms in total. The molecule has 0 spiro atoms. The highest BCUT2D eigenvalue weighted by atomic mass is 35.5. The molecule has 1 aliphatic heterocycles. The Morgan fingerprint density at radius 3 is 3.00 bits per heavy atom. The van der Waals surface area contributed by atoms with Gasteiger partial charge in [-0.25, -0.2) is 0 Å². The van der Waals surface area contributed by atoms with E-state index in [0.717, 1.165) is 5.56 Å². The fourth-order valence-corrected chi connectivity index (χ4v) is 1.89. The molecule has 1 heterocycles. The van der Waals surface area contributed by atoms with E-state index in [1.54, 1.807) is 19.1 Å². The van der Waals surface area contributed by atoms with E-state index in [9.17, 15) is 4.79 Å². The van der Waals surface area contributed by atoms with Crippen molar-refractivity contribution < 1.29 is 14.6 Å². The lowest BCUT2D eigenvalue weighted by molar-refractivity contribution is -0.150. The summed E-state index contributed by atoms with van der Waals surface area (Å²) >= 11 is 6.00. The summed E-state index contributed by atoms with van der Waals surface area (Å²) in [6.07, 6.45) is 0.414. The number of hydrogen-bond donors (Lipinski definition) is 1. The van der Waals surface area contributed by atoms with Crippen LogP contribution in [0, 0.1) is 5.41 Å². The average Bonchev–Trinajstić information content (AvgIpc) is 2.19. The van der Waals surface area contributed by atoms with Gasteiger partial charge in [0.2, 0.25) is 0 Å². The number of carbonyl (C=O) groups is 1. The minimum absolute atomic E-state index is 0.190. The number of carboxylic acids is 1. The van der Waals surface area contributed by atoms with Gasteiger partial charge in [-0.15, -0.1) is 0 Å². The summed E-state index contributed by atoms with van der Waals surface area (Å²) < 4.78 is 5.42. The lowest BCUT2D eigenvalue weighted by Crippen LogP contribution is -2.39. The number of halogens is 1. The van der Waals surface area contributed by atoms with Crippen LogP contribution in [-0.2, 0) is 11.2 Å². The molecule has 0 fully saturated rings. The van der Waals surface area contributed by atoms with E-state index in [2.05, 4.69) is 0 Å². The standard InChI is InChI=1S/C11H11ClO3/c1-11(10(13)14)5-7-8(12)3-2-4-9(7)15-6-11/h2-4H,5-6H2,1H3,(H,13,14). The predicted molar refractivity (Wildman–Crippen MR) is 56.4 cm³/mol.